The summed E-state index contributed by atoms with van der Waals surface area (Å²) in [6, 6.07) is 8.73. The summed E-state index contributed by atoms with van der Waals surface area (Å²) < 4.78 is 0. The summed E-state index contributed by atoms with van der Waals surface area (Å²) in [5, 5.41) is 0. The molecule has 3 nitrogen and oxygen atoms in total. The Morgan fingerprint density at radius 2 is 2.00 bits per heavy atom. The minimum atomic E-state index is 0. The van der Waals surface area contributed by atoms with E-state index in [-0.39, 0.29) is 24.0 Å². The predicted molar refractivity (Wildman–Crippen MR) is 92.6 cm³/mol. The highest BCUT2D eigenvalue weighted by atomic mass is 127. The quantitative estimate of drug-likeness (QED) is 0.428. The molecule has 1 fully saturated rings. The number of rotatable bonds is 1. The zero-order valence-corrected chi connectivity index (χ0v) is 14.6. The fourth-order valence-electron chi connectivity index (χ4n) is 2.86. The van der Waals surface area contributed by atoms with E-state index >= 15 is 0 Å². The monoisotopic (exact) mass is 373 g/mol. The molecule has 1 saturated heterocycles. The van der Waals surface area contributed by atoms with Gasteiger partial charge in [0.2, 0.25) is 0 Å². The Kier molecular flexibility index (Phi) is 6.10. The summed E-state index contributed by atoms with van der Waals surface area (Å²) in [5.41, 5.74) is 2.90. The molecule has 1 aliphatic heterocycles. The molecule has 0 aromatic heterocycles. The molecule has 1 aliphatic rings. The van der Waals surface area contributed by atoms with Crippen molar-refractivity contribution in [2.75, 3.05) is 34.2 Å². The van der Waals surface area contributed by atoms with Crippen LogP contribution in [-0.4, -0.2) is 50.0 Å². The standard InChI is InChI=1S/C15H23N3.HI/c1-12-7-5-6-8-14(12)13-9-10-18(11-13)15(16-2)17(3)4;/h5-8,13H,9-11H2,1-4H3;1H. The average molecular weight is 373 g/mol. The van der Waals surface area contributed by atoms with Crippen LogP contribution in [0.25, 0.3) is 0 Å². The molecule has 0 spiro atoms. The van der Waals surface area contributed by atoms with Gasteiger partial charge in [-0.1, -0.05) is 24.3 Å². The first kappa shape index (κ1) is 16.3. The molecule has 1 aromatic rings. The van der Waals surface area contributed by atoms with Gasteiger partial charge in [0.1, 0.15) is 0 Å². The number of guanidine groups is 1. The second kappa shape index (κ2) is 7.12. The van der Waals surface area contributed by atoms with Gasteiger partial charge in [-0.3, -0.25) is 4.99 Å². The van der Waals surface area contributed by atoms with Crippen LogP contribution in [0.15, 0.2) is 29.3 Å². The van der Waals surface area contributed by atoms with Gasteiger partial charge in [0.05, 0.1) is 0 Å². The first-order valence-corrected chi connectivity index (χ1v) is 6.58. The third-order valence-corrected chi connectivity index (χ3v) is 3.70. The summed E-state index contributed by atoms with van der Waals surface area (Å²) >= 11 is 0. The molecule has 0 radical (unpaired) electrons. The van der Waals surface area contributed by atoms with Gasteiger partial charge in [-0.15, -0.1) is 24.0 Å². The van der Waals surface area contributed by atoms with Crippen LogP contribution in [0.5, 0.6) is 0 Å². The summed E-state index contributed by atoms with van der Waals surface area (Å²) in [7, 11) is 5.99. The Balaban J connectivity index is 0.00000180. The van der Waals surface area contributed by atoms with E-state index in [1.54, 1.807) is 0 Å². The normalized spacial score (nSPS) is 19.3. The van der Waals surface area contributed by atoms with Crippen LogP contribution < -0.4 is 0 Å². The zero-order valence-electron chi connectivity index (χ0n) is 12.3. The number of nitrogens with zero attached hydrogens (tertiary/aromatic N) is 3. The fourth-order valence-corrected chi connectivity index (χ4v) is 2.86. The number of hydrogen-bond acceptors (Lipinski definition) is 1. The van der Waals surface area contributed by atoms with E-state index in [4.69, 9.17) is 0 Å². The molecule has 0 amide bonds. The highest BCUT2D eigenvalue weighted by Gasteiger charge is 2.27. The van der Waals surface area contributed by atoms with E-state index < -0.39 is 0 Å². The van der Waals surface area contributed by atoms with Gasteiger partial charge in [-0.25, -0.2) is 0 Å². The molecule has 1 atom stereocenters. The summed E-state index contributed by atoms with van der Waals surface area (Å²) in [4.78, 5) is 8.87. The lowest BCUT2D eigenvalue weighted by atomic mass is 9.94. The molecular formula is C15H24IN3. The van der Waals surface area contributed by atoms with Crippen LogP contribution in [0, 0.1) is 6.92 Å². The molecule has 1 unspecified atom stereocenters. The predicted octanol–water partition coefficient (Wildman–Crippen LogP) is 2.95. The van der Waals surface area contributed by atoms with Crippen LogP contribution in [0.4, 0.5) is 0 Å². The number of aryl methyl sites for hydroxylation is 1. The van der Waals surface area contributed by atoms with Crippen LogP contribution in [0.3, 0.4) is 0 Å². The molecule has 4 heteroatoms. The van der Waals surface area contributed by atoms with E-state index in [1.807, 2.05) is 7.05 Å². The van der Waals surface area contributed by atoms with Gasteiger partial charge in [-0.2, -0.15) is 0 Å². The Morgan fingerprint density at radius 1 is 1.32 bits per heavy atom. The maximum atomic E-state index is 4.39. The molecule has 106 valence electrons. The summed E-state index contributed by atoms with van der Waals surface area (Å²) in [6.07, 6.45) is 1.22. The van der Waals surface area contributed by atoms with Gasteiger partial charge in [0.25, 0.3) is 0 Å². The van der Waals surface area contributed by atoms with Crippen LogP contribution >= 0.6 is 24.0 Å². The fraction of sp³-hybridized carbons (Fsp3) is 0.533. The largest absolute Gasteiger partial charge is 0.349 e. The second-order valence-corrected chi connectivity index (χ2v) is 5.21. The summed E-state index contributed by atoms with van der Waals surface area (Å²) in [5.74, 6) is 1.73. The average Bonchev–Trinajstić information content (AvgIpc) is 2.79. The van der Waals surface area contributed by atoms with E-state index in [9.17, 15) is 0 Å². The van der Waals surface area contributed by atoms with Crippen molar-refractivity contribution < 1.29 is 0 Å². The molecule has 0 N–H and O–H groups in total. The van der Waals surface area contributed by atoms with E-state index in [1.165, 1.54) is 17.5 Å². The van der Waals surface area contributed by atoms with Crippen molar-refractivity contribution in [3.63, 3.8) is 0 Å². The van der Waals surface area contributed by atoms with Gasteiger partial charge < -0.3 is 9.80 Å². The molecular weight excluding hydrogens is 349 g/mol. The second-order valence-electron chi connectivity index (χ2n) is 5.21. The number of benzene rings is 1. The molecule has 19 heavy (non-hydrogen) atoms. The molecule has 0 bridgehead atoms. The Labute approximate surface area is 133 Å². The van der Waals surface area contributed by atoms with Crippen molar-refractivity contribution >= 4 is 29.9 Å². The molecule has 0 saturated carbocycles. The number of halogens is 1. The number of likely N-dealkylation sites (tertiary alicyclic amines) is 1. The topological polar surface area (TPSA) is 18.8 Å². The first-order chi connectivity index (χ1) is 8.63. The van der Waals surface area contributed by atoms with Crippen LogP contribution in [-0.2, 0) is 0 Å². The minimum absolute atomic E-state index is 0. The van der Waals surface area contributed by atoms with Crippen molar-refractivity contribution in [3.8, 4) is 0 Å². The third-order valence-electron chi connectivity index (χ3n) is 3.70. The minimum Gasteiger partial charge on any atom is -0.349 e. The Morgan fingerprint density at radius 3 is 2.58 bits per heavy atom. The number of hydrogen-bond donors (Lipinski definition) is 0. The van der Waals surface area contributed by atoms with Gasteiger partial charge in [-0.05, 0) is 24.5 Å². The van der Waals surface area contributed by atoms with Gasteiger partial charge >= 0.3 is 0 Å². The molecule has 2 rings (SSSR count). The van der Waals surface area contributed by atoms with Crippen molar-refractivity contribution in [3.05, 3.63) is 35.4 Å². The van der Waals surface area contributed by atoms with Crippen LogP contribution in [0.1, 0.15) is 23.5 Å². The molecule has 1 heterocycles. The SMILES string of the molecule is CN=C(N(C)C)N1CCC(c2ccccc2C)C1.I. The third kappa shape index (κ3) is 3.61. The van der Waals surface area contributed by atoms with Gasteiger partial charge in [0.15, 0.2) is 5.96 Å². The maximum Gasteiger partial charge on any atom is 0.195 e. The smallest absolute Gasteiger partial charge is 0.195 e. The highest BCUT2D eigenvalue weighted by molar-refractivity contribution is 14.0. The molecule has 0 aliphatic carbocycles. The van der Waals surface area contributed by atoms with Gasteiger partial charge in [0, 0.05) is 40.2 Å². The zero-order chi connectivity index (χ0) is 13.1. The van der Waals surface area contributed by atoms with E-state index in [0.717, 1.165) is 19.0 Å². The lowest BCUT2D eigenvalue weighted by Crippen LogP contribution is -2.39. The maximum absolute atomic E-state index is 4.39. The van der Waals surface area contributed by atoms with E-state index in [0.29, 0.717) is 5.92 Å². The summed E-state index contributed by atoms with van der Waals surface area (Å²) in [6.45, 7) is 4.39. The lowest BCUT2D eigenvalue weighted by molar-refractivity contribution is 0.425. The molecule has 1 aromatic carbocycles. The van der Waals surface area contributed by atoms with Crippen LogP contribution in [0.2, 0.25) is 0 Å². The Hall–Kier alpha value is -0.780. The van der Waals surface area contributed by atoms with Crippen molar-refractivity contribution in [2.45, 2.75) is 19.3 Å². The van der Waals surface area contributed by atoms with E-state index in [2.05, 4.69) is 60.1 Å². The van der Waals surface area contributed by atoms with Crippen molar-refractivity contribution in [1.82, 2.24) is 9.80 Å². The van der Waals surface area contributed by atoms with Crippen molar-refractivity contribution in [2.24, 2.45) is 4.99 Å². The van der Waals surface area contributed by atoms with Crippen molar-refractivity contribution in [1.29, 1.82) is 0 Å². The first-order valence-electron chi connectivity index (χ1n) is 6.58. The Bertz CT molecular complexity index is 443. The number of aliphatic imine (C=N–C) groups is 1. The lowest BCUT2D eigenvalue weighted by Gasteiger charge is -2.26. The highest BCUT2D eigenvalue weighted by Crippen LogP contribution is 2.29.